The average molecular weight is 311 g/mol. The van der Waals surface area contributed by atoms with Crippen molar-refractivity contribution in [2.75, 3.05) is 13.1 Å². The number of carboxylic acid groups (broad SMARTS) is 1. The van der Waals surface area contributed by atoms with Gasteiger partial charge in [0.1, 0.15) is 0 Å². The van der Waals surface area contributed by atoms with E-state index in [2.05, 4.69) is 15.1 Å². The maximum Gasteiger partial charge on any atom is 0.335 e. The highest BCUT2D eigenvalue weighted by Gasteiger charge is 2.43. The predicted molar refractivity (Wildman–Crippen MR) is 86.5 cm³/mol. The molecule has 4 rings (SSSR count). The zero-order chi connectivity index (χ0) is 15.9. The topological polar surface area (TPSA) is 69.2 Å². The molecule has 1 aromatic heterocycles. The van der Waals surface area contributed by atoms with Crippen LogP contribution in [-0.2, 0) is 18.4 Å². The third kappa shape index (κ3) is 2.55. The van der Waals surface area contributed by atoms with Crippen LogP contribution >= 0.6 is 0 Å². The lowest BCUT2D eigenvalue weighted by molar-refractivity contribution is 0.0697. The lowest BCUT2D eigenvalue weighted by Crippen LogP contribution is -2.44. The third-order valence-corrected chi connectivity index (χ3v) is 5.38. The number of likely N-dealkylation sites (tertiary alicyclic amines) is 1. The maximum absolute atomic E-state index is 10.9. The molecule has 1 fully saturated rings. The monoisotopic (exact) mass is 311 g/mol. The number of rotatable bonds is 3. The smallest absolute Gasteiger partial charge is 0.335 e. The number of hydrogen-bond donors (Lipinski definition) is 2. The van der Waals surface area contributed by atoms with Gasteiger partial charge in [-0.05, 0) is 55.5 Å². The van der Waals surface area contributed by atoms with E-state index in [9.17, 15) is 4.79 Å². The number of carboxylic acids is 1. The molecule has 5 heteroatoms. The molecule has 5 nitrogen and oxygen atoms in total. The number of aromatic amines is 1. The first kappa shape index (κ1) is 14.5. The van der Waals surface area contributed by atoms with Gasteiger partial charge in [-0.1, -0.05) is 12.1 Å². The molecule has 0 radical (unpaired) electrons. The van der Waals surface area contributed by atoms with Crippen LogP contribution in [-0.4, -0.2) is 39.3 Å². The summed E-state index contributed by atoms with van der Waals surface area (Å²) < 4.78 is 0. The molecule has 1 spiro atoms. The van der Waals surface area contributed by atoms with E-state index in [0.717, 1.165) is 26.1 Å². The molecule has 2 aromatic rings. The minimum Gasteiger partial charge on any atom is -0.478 e. The van der Waals surface area contributed by atoms with Gasteiger partial charge in [0.05, 0.1) is 11.8 Å². The van der Waals surface area contributed by atoms with E-state index in [1.807, 2.05) is 18.3 Å². The van der Waals surface area contributed by atoms with Crippen LogP contribution in [0.1, 0.15) is 46.4 Å². The number of fused-ring (bicyclic) bond motifs is 2. The molecule has 1 aliphatic carbocycles. The molecule has 2 N–H and O–H groups in total. The van der Waals surface area contributed by atoms with Crippen molar-refractivity contribution in [3.05, 3.63) is 52.8 Å². The molecule has 120 valence electrons. The summed E-state index contributed by atoms with van der Waals surface area (Å²) in [4.78, 5) is 13.4. The van der Waals surface area contributed by atoms with E-state index in [1.165, 1.54) is 36.1 Å². The molecule has 2 heterocycles. The summed E-state index contributed by atoms with van der Waals surface area (Å²) in [6.45, 7) is 3.04. The Hall–Kier alpha value is -2.14. The van der Waals surface area contributed by atoms with Crippen LogP contribution < -0.4 is 0 Å². The van der Waals surface area contributed by atoms with E-state index in [4.69, 9.17) is 5.11 Å². The second-order valence-electron chi connectivity index (χ2n) is 6.87. The SMILES string of the molecule is O=C(O)c1ccc(CN2CCCC3(CCc4cn[nH]c43)C2)cc1. The Morgan fingerprint density at radius 3 is 2.91 bits per heavy atom. The number of piperidine rings is 1. The number of aryl methyl sites for hydroxylation is 1. The molecular formula is C18H21N3O2. The Balaban J connectivity index is 1.49. The Bertz CT molecular complexity index is 722. The number of nitrogens with zero attached hydrogens (tertiary/aromatic N) is 2. The maximum atomic E-state index is 10.9. The van der Waals surface area contributed by atoms with Crippen LogP contribution in [0.4, 0.5) is 0 Å². The summed E-state index contributed by atoms with van der Waals surface area (Å²) in [6, 6.07) is 7.25. The van der Waals surface area contributed by atoms with Gasteiger partial charge in [-0.3, -0.25) is 10.00 Å². The second kappa shape index (κ2) is 5.49. The van der Waals surface area contributed by atoms with Crippen LogP contribution in [0.15, 0.2) is 30.5 Å². The fourth-order valence-corrected chi connectivity index (χ4v) is 4.24. The van der Waals surface area contributed by atoms with Crippen LogP contribution in [0.3, 0.4) is 0 Å². The summed E-state index contributed by atoms with van der Waals surface area (Å²) in [5.41, 5.74) is 4.50. The molecule has 0 saturated carbocycles. The van der Waals surface area contributed by atoms with Crippen molar-refractivity contribution >= 4 is 5.97 Å². The lowest BCUT2D eigenvalue weighted by atomic mass is 9.77. The molecule has 1 saturated heterocycles. The second-order valence-corrected chi connectivity index (χ2v) is 6.87. The third-order valence-electron chi connectivity index (χ3n) is 5.38. The van der Waals surface area contributed by atoms with Crippen LogP contribution in [0.2, 0.25) is 0 Å². The predicted octanol–water partition coefficient (Wildman–Crippen LogP) is 2.59. The van der Waals surface area contributed by atoms with Gasteiger partial charge in [0.15, 0.2) is 0 Å². The molecule has 1 aliphatic heterocycles. The van der Waals surface area contributed by atoms with Crippen LogP contribution in [0.5, 0.6) is 0 Å². The molecule has 0 amide bonds. The van der Waals surface area contributed by atoms with Crippen molar-refractivity contribution in [3.63, 3.8) is 0 Å². The number of H-pyrrole nitrogens is 1. The number of hydrogen-bond acceptors (Lipinski definition) is 3. The van der Waals surface area contributed by atoms with E-state index >= 15 is 0 Å². The first-order valence-electron chi connectivity index (χ1n) is 8.24. The number of aromatic carboxylic acids is 1. The molecule has 1 aromatic carbocycles. The van der Waals surface area contributed by atoms with Crippen molar-refractivity contribution in [1.29, 1.82) is 0 Å². The highest BCUT2D eigenvalue weighted by atomic mass is 16.4. The summed E-state index contributed by atoms with van der Waals surface area (Å²) in [5.74, 6) is -0.869. The van der Waals surface area contributed by atoms with Gasteiger partial charge in [-0.2, -0.15) is 5.10 Å². The largest absolute Gasteiger partial charge is 0.478 e. The van der Waals surface area contributed by atoms with Crippen LogP contribution in [0.25, 0.3) is 0 Å². The van der Waals surface area contributed by atoms with Crippen molar-refractivity contribution < 1.29 is 9.90 Å². The van der Waals surface area contributed by atoms with Crippen molar-refractivity contribution in [1.82, 2.24) is 15.1 Å². The average Bonchev–Trinajstić information content (AvgIpc) is 3.13. The quantitative estimate of drug-likeness (QED) is 0.914. The Morgan fingerprint density at radius 1 is 1.30 bits per heavy atom. The molecule has 0 bridgehead atoms. The fourth-order valence-electron chi connectivity index (χ4n) is 4.24. The van der Waals surface area contributed by atoms with Gasteiger partial charge in [0.25, 0.3) is 0 Å². The standard InChI is InChI=1S/C18H21N3O2/c22-17(23)14-4-2-13(3-5-14)11-21-9-1-7-18(12-21)8-6-15-10-19-20-16(15)18/h2-5,10H,1,6-9,11-12H2,(H,19,20)(H,22,23). The van der Waals surface area contributed by atoms with Gasteiger partial charge in [0.2, 0.25) is 0 Å². The minimum absolute atomic E-state index is 0.241. The molecule has 1 unspecified atom stereocenters. The van der Waals surface area contributed by atoms with Gasteiger partial charge >= 0.3 is 5.97 Å². The number of aromatic nitrogens is 2. The molecule has 2 aliphatic rings. The highest BCUT2D eigenvalue weighted by Crippen LogP contribution is 2.44. The molecular weight excluding hydrogens is 290 g/mol. The van der Waals surface area contributed by atoms with Crippen molar-refractivity contribution in [2.45, 2.75) is 37.6 Å². The highest BCUT2D eigenvalue weighted by molar-refractivity contribution is 5.87. The van der Waals surface area contributed by atoms with E-state index in [0.29, 0.717) is 5.56 Å². The first-order valence-corrected chi connectivity index (χ1v) is 8.24. The van der Waals surface area contributed by atoms with E-state index < -0.39 is 5.97 Å². The normalized spacial score (nSPS) is 24.0. The minimum atomic E-state index is -0.869. The number of carbonyl (C=O) groups is 1. The lowest BCUT2D eigenvalue weighted by Gasteiger charge is -2.40. The number of nitrogens with one attached hydrogen (secondary N) is 1. The Kier molecular flexibility index (Phi) is 3.45. The van der Waals surface area contributed by atoms with Crippen molar-refractivity contribution in [2.24, 2.45) is 0 Å². The van der Waals surface area contributed by atoms with Gasteiger partial charge in [-0.25, -0.2) is 4.79 Å². The Labute approximate surface area is 135 Å². The van der Waals surface area contributed by atoms with Gasteiger partial charge in [0, 0.05) is 24.2 Å². The van der Waals surface area contributed by atoms with E-state index in [1.54, 1.807) is 12.1 Å². The van der Waals surface area contributed by atoms with Crippen LogP contribution in [0, 0.1) is 0 Å². The van der Waals surface area contributed by atoms with E-state index in [-0.39, 0.29) is 5.41 Å². The fraction of sp³-hybridized carbons (Fsp3) is 0.444. The van der Waals surface area contributed by atoms with Gasteiger partial charge < -0.3 is 5.11 Å². The summed E-state index contributed by atoms with van der Waals surface area (Å²) in [7, 11) is 0. The summed E-state index contributed by atoms with van der Waals surface area (Å²) in [5, 5.41) is 16.5. The zero-order valence-electron chi connectivity index (χ0n) is 13.1. The first-order chi connectivity index (χ1) is 11.2. The zero-order valence-corrected chi connectivity index (χ0v) is 13.1. The summed E-state index contributed by atoms with van der Waals surface area (Å²) >= 11 is 0. The Morgan fingerprint density at radius 2 is 2.13 bits per heavy atom. The van der Waals surface area contributed by atoms with Gasteiger partial charge in [-0.15, -0.1) is 0 Å². The number of benzene rings is 1. The van der Waals surface area contributed by atoms with Crippen molar-refractivity contribution in [3.8, 4) is 0 Å². The summed E-state index contributed by atoms with van der Waals surface area (Å²) in [6.07, 6.45) is 6.76. The molecule has 23 heavy (non-hydrogen) atoms. The molecule has 1 atom stereocenters.